The Morgan fingerprint density at radius 2 is 1.91 bits per heavy atom. The second kappa shape index (κ2) is 5.11. The van der Waals surface area contributed by atoms with Gasteiger partial charge in [0.05, 0.1) is 12.1 Å². The van der Waals surface area contributed by atoms with Crippen LogP contribution in [0.1, 0.15) is 5.69 Å². The van der Waals surface area contributed by atoms with Gasteiger partial charge in [0.2, 0.25) is 0 Å². The minimum Gasteiger partial charge on any atom is -0.301 e. The Hall–Kier alpha value is -2.95. The lowest BCUT2D eigenvalue weighted by atomic mass is 10.2. The molecule has 0 N–H and O–H groups in total. The molecule has 3 aromatic heterocycles. The van der Waals surface area contributed by atoms with Crippen LogP contribution in [-0.2, 0) is 13.0 Å². The molecular formula is C17H14N4O. The van der Waals surface area contributed by atoms with Crippen LogP contribution in [0.3, 0.4) is 0 Å². The van der Waals surface area contributed by atoms with Gasteiger partial charge >= 0.3 is 0 Å². The minimum absolute atomic E-state index is 0.0757. The number of hydrogen-bond donors (Lipinski definition) is 0. The lowest BCUT2D eigenvalue weighted by Gasteiger charge is -2.06. The molecule has 0 unspecified atom stereocenters. The largest absolute Gasteiger partial charge is 0.301 e. The SMILES string of the molecule is O=c1c2cccn2cnn1CCc1ccc2ccccc2n1. The molecule has 1 aromatic carbocycles. The molecule has 0 amide bonds. The standard InChI is InChI=1S/C17H14N4O/c22-17-16-6-3-10-20(16)12-18-21(17)11-9-14-8-7-13-4-1-2-5-15(13)19-14/h1-8,10,12H,9,11H2. The van der Waals surface area contributed by atoms with Crippen LogP contribution in [0.2, 0.25) is 0 Å². The Labute approximate surface area is 126 Å². The summed E-state index contributed by atoms with van der Waals surface area (Å²) in [5, 5.41) is 5.32. The third kappa shape index (κ3) is 2.16. The number of rotatable bonds is 3. The molecule has 0 aliphatic rings. The highest BCUT2D eigenvalue weighted by molar-refractivity contribution is 5.78. The van der Waals surface area contributed by atoms with E-state index in [4.69, 9.17) is 0 Å². The van der Waals surface area contributed by atoms with Crippen LogP contribution in [0, 0.1) is 0 Å². The fourth-order valence-electron chi connectivity index (χ4n) is 2.61. The summed E-state index contributed by atoms with van der Waals surface area (Å²) >= 11 is 0. The molecule has 0 saturated carbocycles. The van der Waals surface area contributed by atoms with E-state index in [1.165, 1.54) is 4.68 Å². The van der Waals surface area contributed by atoms with Gasteiger partial charge in [-0.15, -0.1) is 0 Å². The molecule has 0 atom stereocenters. The monoisotopic (exact) mass is 290 g/mol. The van der Waals surface area contributed by atoms with E-state index in [-0.39, 0.29) is 5.56 Å². The number of aryl methyl sites for hydroxylation is 2. The van der Waals surface area contributed by atoms with Crippen molar-refractivity contribution in [2.75, 3.05) is 0 Å². The van der Waals surface area contributed by atoms with E-state index in [9.17, 15) is 4.79 Å². The van der Waals surface area contributed by atoms with Crippen LogP contribution in [0.15, 0.2) is 65.8 Å². The number of para-hydroxylation sites is 1. The molecule has 108 valence electrons. The first kappa shape index (κ1) is 12.8. The van der Waals surface area contributed by atoms with Crippen LogP contribution >= 0.6 is 0 Å². The van der Waals surface area contributed by atoms with Crippen LogP contribution in [-0.4, -0.2) is 19.2 Å². The van der Waals surface area contributed by atoms with Crippen molar-refractivity contribution in [1.82, 2.24) is 19.2 Å². The van der Waals surface area contributed by atoms with Gasteiger partial charge in [-0.3, -0.25) is 9.78 Å². The fourth-order valence-corrected chi connectivity index (χ4v) is 2.61. The zero-order valence-electron chi connectivity index (χ0n) is 11.9. The van der Waals surface area contributed by atoms with E-state index < -0.39 is 0 Å². The summed E-state index contributed by atoms with van der Waals surface area (Å²) in [4.78, 5) is 16.9. The van der Waals surface area contributed by atoms with Gasteiger partial charge in [-0.05, 0) is 24.3 Å². The fraction of sp³-hybridized carbons (Fsp3) is 0.118. The smallest absolute Gasteiger partial charge is 0.291 e. The number of hydrogen-bond acceptors (Lipinski definition) is 3. The molecule has 22 heavy (non-hydrogen) atoms. The van der Waals surface area contributed by atoms with Gasteiger partial charge in [0.1, 0.15) is 11.8 Å². The van der Waals surface area contributed by atoms with Crippen molar-refractivity contribution in [2.45, 2.75) is 13.0 Å². The molecule has 0 fully saturated rings. The Bertz CT molecular complexity index is 1020. The van der Waals surface area contributed by atoms with Crippen molar-refractivity contribution in [3.8, 4) is 0 Å². The Morgan fingerprint density at radius 3 is 2.86 bits per heavy atom. The van der Waals surface area contributed by atoms with Crippen molar-refractivity contribution in [3.05, 3.63) is 77.1 Å². The van der Waals surface area contributed by atoms with Crippen LogP contribution < -0.4 is 5.56 Å². The molecular weight excluding hydrogens is 276 g/mol. The van der Waals surface area contributed by atoms with Gasteiger partial charge in [0, 0.05) is 23.7 Å². The lowest BCUT2D eigenvalue weighted by Crippen LogP contribution is -2.25. The predicted octanol–water partition coefficient (Wildman–Crippen LogP) is 2.29. The Kier molecular flexibility index (Phi) is 2.96. The number of aromatic nitrogens is 4. The average molecular weight is 290 g/mol. The second-order valence-corrected chi connectivity index (χ2v) is 5.21. The predicted molar refractivity (Wildman–Crippen MR) is 84.9 cm³/mol. The van der Waals surface area contributed by atoms with Gasteiger partial charge in [0.25, 0.3) is 5.56 Å². The van der Waals surface area contributed by atoms with Crippen molar-refractivity contribution in [1.29, 1.82) is 0 Å². The van der Waals surface area contributed by atoms with E-state index in [0.717, 1.165) is 16.6 Å². The third-order valence-corrected chi connectivity index (χ3v) is 3.78. The first-order valence-electron chi connectivity index (χ1n) is 7.19. The summed E-state index contributed by atoms with van der Waals surface area (Å²) < 4.78 is 3.22. The maximum atomic E-state index is 12.3. The van der Waals surface area contributed by atoms with E-state index in [0.29, 0.717) is 18.5 Å². The molecule has 0 radical (unpaired) electrons. The molecule has 4 aromatic rings. The molecule has 3 heterocycles. The highest BCUT2D eigenvalue weighted by Gasteiger charge is 2.05. The van der Waals surface area contributed by atoms with Gasteiger partial charge in [-0.25, -0.2) is 4.68 Å². The van der Waals surface area contributed by atoms with Gasteiger partial charge < -0.3 is 4.40 Å². The van der Waals surface area contributed by atoms with Crippen LogP contribution in [0.4, 0.5) is 0 Å². The Balaban J connectivity index is 1.62. The van der Waals surface area contributed by atoms with Crippen molar-refractivity contribution in [3.63, 3.8) is 0 Å². The third-order valence-electron chi connectivity index (χ3n) is 3.78. The zero-order valence-corrected chi connectivity index (χ0v) is 11.9. The van der Waals surface area contributed by atoms with Gasteiger partial charge in [-0.1, -0.05) is 24.3 Å². The number of benzene rings is 1. The first-order chi connectivity index (χ1) is 10.8. The summed E-state index contributed by atoms with van der Waals surface area (Å²) in [5.74, 6) is 0. The second-order valence-electron chi connectivity index (χ2n) is 5.21. The van der Waals surface area contributed by atoms with E-state index in [1.54, 1.807) is 16.8 Å². The molecule has 5 nitrogen and oxygen atoms in total. The quantitative estimate of drug-likeness (QED) is 0.581. The summed E-state index contributed by atoms with van der Waals surface area (Å²) in [7, 11) is 0. The molecule has 0 saturated heterocycles. The van der Waals surface area contributed by atoms with E-state index >= 15 is 0 Å². The first-order valence-corrected chi connectivity index (χ1v) is 7.19. The molecule has 0 bridgehead atoms. The Morgan fingerprint density at radius 1 is 1.00 bits per heavy atom. The van der Waals surface area contributed by atoms with E-state index in [1.807, 2.05) is 42.6 Å². The van der Waals surface area contributed by atoms with Crippen molar-refractivity contribution in [2.24, 2.45) is 0 Å². The molecule has 0 aliphatic carbocycles. The maximum absolute atomic E-state index is 12.3. The molecule has 0 spiro atoms. The topological polar surface area (TPSA) is 52.2 Å². The molecule has 4 rings (SSSR count). The van der Waals surface area contributed by atoms with Gasteiger partial charge in [0.15, 0.2) is 0 Å². The normalized spacial score (nSPS) is 11.3. The summed E-state index contributed by atoms with van der Waals surface area (Å²) in [6, 6.07) is 15.7. The van der Waals surface area contributed by atoms with Crippen LogP contribution in [0.5, 0.6) is 0 Å². The average Bonchev–Trinajstić information content (AvgIpc) is 3.03. The number of pyridine rings is 1. The van der Waals surface area contributed by atoms with Crippen molar-refractivity contribution >= 4 is 16.4 Å². The summed E-state index contributed by atoms with van der Waals surface area (Å²) in [6.07, 6.45) is 4.15. The van der Waals surface area contributed by atoms with E-state index in [2.05, 4.69) is 16.1 Å². The molecule has 0 aliphatic heterocycles. The molecule has 5 heteroatoms. The summed E-state index contributed by atoms with van der Waals surface area (Å²) in [5.41, 5.74) is 2.50. The van der Waals surface area contributed by atoms with Gasteiger partial charge in [-0.2, -0.15) is 5.10 Å². The number of fused-ring (bicyclic) bond motifs is 2. The zero-order chi connectivity index (χ0) is 14.9. The lowest BCUT2D eigenvalue weighted by molar-refractivity contribution is 0.567. The highest BCUT2D eigenvalue weighted by atomic mass is 16.1. The van der Waals surface area contributed by atoms with Crippen molar-refractivity contribution < 1.29 is 0 Å². The van der Waals surface area contributed by atoms with Crippen LogP contribution in [0.25, 0.3) is 16.4 Å². The highest BCUT2D eigenvalue weighted by Crippen LogP contribution is 2.12. The number of nitrogens with zero attached hydrogens (tertiary/aromatic N) is 4. The summed E-state index contributed by atoms with van der Waals surface area (Å²) in [6.45, 7) is 0.520. The maximum Gasteiger partial charge on any atom is 0.291 e. The minimum atomic E-state index is -0.0757.